The summed E-state index contributed by atoms with van der Waals surface area (Å²) in [4.78, 5) is 10.4. The molecule has 0 bridgehead atoms. The zero-order chi connectivity index (χ0) is 8.43. The van der Waals surface area contributed by atoms with Crippen molar-refractivity contribution < 1.29 is 32.3 Å². The average Bonchev–Trinajstić information content (AvgIpc) is 1.85. The van der Waals surface area contributed by atoms with Gasteiger partial charge >= 0.3 is 22.4 Å². The molecule has 0 saturated carbocycles. The number of halogens is 2. The predicted molar refractivity (Wildman–Crippen MR) is 40.8 cm³/mol. The van der Waals surface area contributed by atoms with E-state index in [1.54, 1.807) is 6.07 Å². The second-order valence-electron chi connectivity index (χ2n) is 1.88. The van der Waals surface area contributed by atoms with Gasteiger partial charge in [-0.25, -0.2) is 0 Å². The second kappa shape index (κ2) is 4.90. The molecule has 0 unspecified atom stereocenters. The molecule has 1 aromatic rings. The third-order valence-electron chi connectivity index (χ3n) is 1.17. The normalized spacial score (nSPS) is 8.83. The maximum absolute atomic E-state index is 10.4. The quantitative estimate of drug-likeness (QED) is 0.734. The second-order valence-corrected chi connectivity index (χ2v) is 2.70. The standard InChI is InChI=1S/C7H4Cl2O2.Ag/c8-4-2-1-3-5(9)6(4)7(10)11;/h1-3H,(H,10,11);/q;+1/p-1. The van der Waals surface area contributed by atoms with Gasteiger partial charge in [0.15, 0.2) is 0 Å². The van der Waals surface area contributed by atoms with Gasteiger partial charge in [-0.2, -0.15) is 0 Å². The smallest absolute Gasteiger partial charge is 0.545 e. The summed E-state index contributed by atoms with van der Waals surface area (Å²) >= 11 is 11.0. The molecule has 0 aliphatic carbocycles. The van der Waals surface area contributed by atoms with Crippen molar-refractivity contribution in [3.05, 3.63) is 33.8 Å². The Morgan fingerprint density at radius 3 is 1.92 bits per heavy atom. The first-order chi connectivity index (χ1) is 5.13. The van der Waals surface area contributed by atoms with Gasteiger partial charge in [-0.05, 0) is 12.1 Å². The van der Waals surface area contributed by atoms with Gasteiger partial charge in [0.1, 0.15) is 0 Å². The Labute approximate surface area is 95.0 Å². The number of hydrogen-bond donors (Lipinski definition) is 0. The van der Waals surface area contributed by atoms with E-state index in [0.717, 1.165) is 0 Å². The van der Waals surface area contributed by atoms with Gasteiger partial charge in [0.25, 0.3) is 0 Å². The minimum absolute atomic E-state index is 0. The van der Waals surface area contributed by atoms with Crippen LogP contribution in [0.5, 0.6) is 0 Å². The van der Waals surface area contributed by atoms with Crippen LogP contribution in [0.25, 0.3) is 0 Å². The number of aromatic carboxylic acids is 1. The predicted octanol–water partition coefficient (Wildman–Crippen LogP) is 1.35. The van der Waals surface area contributed by atoms with E-state index in [0.29, 0.717) is 0 Å². The topological polar surface area (TPSA) is 40.1 Å². The van der Waals surface area contributed by atoms with Crippen LogP contribution in [0.15, 0.2) is 18.2 Å². The molecule has 0 fully saturated rings. The van der Waals surface area contributed by atoms with Gasteiger partial charge in [-0.3, -0.25) is 0 Å². The number of carboxylic acids is 1. The van der Waals surface area contributed by atoms with Crippen molar-refractivity contribution >= 4 is 29.2 Å². The zero-order valence-corrected chi connectivity index (χ0v) is 8.60. The number of rotatable bonds is 1. The maximum atomic E-state index is 10.4. The fraction of sp³-hybridized carbons (Fsp3) is 0. The molecule has 0 aliphatic rings. The maximum Gasteiger partial charge on any atom is 1.00 e. The Morgan fingerprint density at radius 1 is 1.25 bits per heavy atom. The van der Waals surface area contributed by atoms with E-state index in [9.17, 15) is 9.90 Å². The van der Waals surface area contributed by atoms with Crippen LogP contribution in [0, 0.1) is 0 Å². The largest absolute Gasteiger partial charge is 1.00 e. The number of carbonyl (C=O) groups excluding carboxylic acids is 1. The third-order valence-corrected chi connectivity index (χ3v) is 1.80. The SMILES string of the molecule is O=C([O-])c1c(Cl)cccc1Cl.[Ag+]. The van der Waals surface area contributed by atoms with Crippen LogP contribution in [0.2, 0.25) is 10.0 Å². The molecule has 0 aromatic heterocycles. The first-order valence-electron chi connectivity index (χ1n) is 2.78. The molecule has 2 nitrogen and oxygen atoms in total. The molecule has 1 rings (SSSR count). The van der Waals surface area contributed by atoms with E-state index in [-0.39, 0.29) is 38.0 Å². The van der Waals surface area contributed by atoms with Crippen molar-refractivity contribution in [2.45, 2.75) is 0 Å². The molecule has 1 aromatic carbocycles. The van der Waals surface area contributed by atoms with E-state index in [1.165, 1.54) is 12.1 Å². The Kier molecular flexibility index (Phi) is 4.90. The molecular formula is C7H3AgCl2O2. The number of hydrogen-bond acceptors (Lipinski definition) is 2. The van der Waals surface area contributed by atoms with Gasteiger partial charge in [0.2, 0.25) is 0 Å². The number of benzene rings is 1. The van der Waals surface area contributed by atoms with Crippen molar-refractivity contribution in [2.75, 3.05) is 0 Å². The van der Waals surface area contributed by atoms with Crippen LogP contribution in [0.4, 0.5) is 0 Å². The van der Waals surface area contributed by atoms with Gasteiger partial charge in [-0.15, -0.1) is 0 Å². The first kappa shape index (κ1) is 12.0. The van der Waals surface area contributed by atoms with E-state index in [4.69, 9.17) is 23.2 Å². The van der Waals surface area contributed by atoms with E-state index >= 15 is 0 Å². The molecule has 0 radical (unpaired) electrons. The summed E-state index contributed by atoms with van der Waals surface area (Å²) in [5, 5.41) is 10.6. The molecule has 0 heterocycles. The van der Waals surface area contributed by atoms with E-state index in [2.05, 4.69) is 0 Å². The summed E-state index contributed by atoms with van der Waals surface area (Å²) < 4.78 is 0. The van der Waals surface area contributed by atoms with Crippen LogP contribution in [-0.4, -0.2) is 5.97 Å². The summed E-state index contributed by atoms with van der Waals surface area (Å²) in [6.45, 7) is 0. The van der Waals surface area contributed by atoms with Crippen molar-refractivity contribution in [1.29, 1.82) is 0 Å². The monoisotopic (exact) mass is 296 g/mol. The van der Waals surface area contributed by atoms with Crippen LogP contribution in [0.1, 0.15) is 10.4 Å². The molecule has 0 amide bonds. The van der Waals surface area contributed by atoms with Crippen molar-refractivity contribution in [2.24, 2.45) is 0 Å². The summed E-state index contributed by atoms with van der Waals surface area (Å²) in [6, 6.07) is 4.45. The zero-order valence-electron chi connectivity index (χ0n) is 5.61. The van der Waals surface area contributed by atoms with Crippen LogP contribution < -0.4 is 5.11 Å². The molecule has 0 spiro atoms. The minimum Gasteiger partial charge on any atom is -0.545 e. The van der Waals surface area contributed by atoms with Crippen LogP contribution >= 0.6 is 23.2 Å². The molecule has 5 heteroatoms. The minimum atomic E-state index is -1.36. The molecule has 0 aliphatic heterocycles. The molecular weight excluding hydrogens is 295 g/mol. The Balaban J connectivity index is 0.00000121. The fourth-order valence-electron chi connectivity index (χ4n) is 0.693. The van der Waals surface area contributed by atoms with Crippen LogP contribution in [0.3, 0.4) is 0 Å². The molecule has 0 saturated heterocycles. The Morgan fingerprint density at radius 2 is 1.67 bits per heavy atom. The molecule has 12 heavy (non-hydrogen) atoms. The molecule has 68 valence electrons. The summed E-state index contributed by atoms with van der Waals surface area (Å²) in [5.41, 5.74) is -0.157. The van der Waals surface area contributed by atoms with Gasteiger partial charge < -0.3 is 9.90 Å². The fourth-order valence-corrected chi connectivity index (χ4v) is 1.24. The summed E-state index contributed by atoms with van der Waals surface area (Å²) in [6.07, 6.45) is 0. The first-order valence-corrected chi connectivity index (χ1v) is 3.54. The van der Waals surface area contributed by atoms with Crippen molar-refractivity contribution in [1.82, 2.24) is 0 Å². The van der Waals surface area contributed by atoms with Gasteiger partial charge in [0.05, 0.1) is 16.0 Å². The third kappa shape index (κ3) is 2.51. The molecule has 0 atom stereocenters. The van der Waals surface area contributed by atoms with Crippen molar-refractivity contribution in [3.63, 3.8) is 0 Å². The molecule has 0 N–H and O–H groups in total. The Hall–Kier alpha value is 0.0103. The van der Waals surface area contributed by atoms with Crippen LogP contribution in [-0.2, 0) is 22.4 Å². The van der Waals surface area contributed by atoms with E-state index in [1.807, 2.05) is 0 Å². The Bertz CT molecular complexity index is 281. The summed E-state index contributed by atoms with van der Waals surface area (Å²) in [5.74, 6) is -1.36. The average molecular weight is 298 g/mol. The van der Waals surface area contributed by atoms with Crippen molar-refractivity contribution in [3.8, 4) is 0 Å². The van der Waals surface area contributed by atoms with Gasteiger partial charge in [0, 0.05) is 5.56 Å². The van der Waals surface area contributed by atoms with Gasteiger partial charge in [-0.1, -0.05) is 29.3 Å². The number of carbonyl (C=O) groups is 1. The number of carboxylic acid groups (broad SMARTS) is 1. The summed E-state index contributed by atoms with van der Waals surface area (Å²) in [7, 11) is 0. The van der Waals surface area contributed by atoms with E-state index < -0.39 is 5.97 Å².